The predicted octanol–water partition coefficient (Wildman–Crippen LogP) is 3.58. The van der Waals surface area contributed by atoms with Crippen LogP contribution in [0.25, 0.3) is 5.65 Å². The van der Waals surface area contributed by atoms with Crippen LogP contribution in [-0.2, 0) is 0 Å². The average molecular weight is 297 g/mol. The fraction of sp³-hybridized carbons (Fsp3) is 0.462. The summed E-state index contributed by atoms with van der Waals surface area (Å²) < 4.78 is 2.98. The second kappa shape index (κ2) is 4.42. The van der Waals surface area contributed by atoms with Crippen LogP contribution in [0.5, 0.6) is 0 Å². The summed E-state index contributed by atoms with van der Waals surface area (Å²) in [5, 5.41) is 9.95. The van der Waals surface area contributed by atoms with E-state index in [9.17, 15) is 5.11 Å². The molecule has 1 N–H and O–H groups in total. The summed E-state index contributed by atoms with van der Waals surface area (Å²) in [4.78, 5) is 4.66. The van der Waals surface area contributed by atoms with Crippen LogP contribution >= 0.6 is 15.9 Å². The number of imidazole rings is 1. The van der Waals surface area contributed by atoms with E-state index in [0.717, 1.165) is 27.1 Å². The highest BCUT2D eigenvalue weighted by Crippen LogP contribution is 2.28. The van der Waals surface area contributed by atoms with Crippen molar-refractivity contribution in [3.05, 3.63) is 33.7 Å². The molecule has 0 amide bonds. The molecule has 0 fully saturated rings. The summed E-state index contributed by atoms with van der Waals surface area (Å²) in [6.07, 6.45) is 1.44. The molecule has 0 spiro atoms. The maximum atomic E-state index is 9.95. The highest BCUT2D eigenvalue weighted by molar-refractivity contribution is 9.10. The third-order valence-corrected chi connectivity index (χ3v) is 3.31. The summed E-state index contributed by atoms with van der Waals surface area (Å²) in [5.74, 6) is 0.303. The number of pyridine rings is 1. The second-order valence-corrected chi connectivity index (χ2v) is 5.66. The largest absolute Gasteiger partial charge is 0.387 e. The van der Waals surface area contributed by atoms with Crippen molar-refractivity contribution in [2.24, 2.45) is 0 Å². The Morgan fingerprint density at radius 3 is 2.53 bits per heavy atom. The third-order valence-electron chi connectivity index (χ3n) is 2.88. The van der Waals surface area contributed by atoms with Gasteiger partial charge in [-0.3, -0.25) is 4.40 Å². The Morgan fingerprint density at radius 1 is 1.35 bits per heavy atom. The van der Waals surface area contributed by atoms with Gasteiger partial charge in [-0.25, -0.2) is 4.98 Å². The molecule has 17 heavy (non-hydrogen) atoms. The van der Waals surface area contributed by atoms with Crippen molar-refractivity contribution in [1.82, 2.24) is 9.38 Å². The number of fused-ring (bicyclic) bond motifs is 1. The molecular weight excluding hydrogens is 280 g/mol. The van der Waals surface area contributed by atoms with Crippen LogP contribution < -0.4 is 0 Å². The van der Waals surface area contributed by atoms with E-state index in [1.165, 1.54) is 0 Å². The molecule has 92 valence electrons. The quantitative estimate of drug-likeness (QED) is 0.920. The molecule has 0 aliphatic rings. The molecule has 0 radical (unpaired) electrons. The Bertz CT molecular complexity index is 558. The molecule has 2 rings (SSSR count). The molecule has 2 aromatic heterocycles. The van der Waals surface area contributed by atoms with Gasteiger partial charge in [0.25, 0.3) is 0 Å². The van der Waals surface area contributed by atoms with Crippen molar-refractivity contribution in [3.8, 4) is 0 Å². The number of aliphatic hydroxyl groups excluding tert-OH is 1. The summed E-state index contributed by atoms with van der Waals surface area (Å²) in [7, 11) is 0. The molecule has 4 heteroatoms. The van der Waals surface area contributed by atoms with Crippen LogP contribution in [0, 0.1) is 6.92 Å². The van der Waals surface area contributed by atoms with Crippen LogP contribution in [0.3, 0.4) is 0 Å². The molecule has 0 aromatic carbocycles. The highest BCUT2D eigenvalue weighted by Gasteiger charge is 2.19. The molecule has 0 aliphatic carbocycles. The van der Waals surface area contributed by atoms with Gasteiger partial charge in [0.2, 0.25) is 0 Å². The summed E-state index contributed by atoms with van der Waals surface area (Å²) in [6, 6.07) is 2.04. The topological polar surface area (TPSA) is 37.5 Å². The van der Waals surface area contributed by atoms with E-state index < -0.39 is 6.10 Å². The van der Waals surface area contributed by atoms with Crippen LogP contribution in [0.15, 0.2) is 16.7 Å². The van der Waals surface area contributed by atoms with E-state index in [1.54, 1.807) is 6.92 Å². The fourth-order valence-corrected chi connectivity index (χ4v) is 2.69. The number of aryl methyl sites for hydroxylation is 1. The van der Waals surface area contributed by atoms with Crippen LogP contribution in [0.1, 0.15) is 49.7 Å². The van der Waals surface area contributed by atoms with Gasteiger partial charge in [-0.05, 0) is 47.3 Å². The zero-order valence-corrected chi connectivity index (χ0v) is 12.1. The van der Waals surface area contributed by atoms with Gasteiger partial charge < -0.3 is 5.11 Å². The lowest BCUT2D eigenvalue weighted by molar-refractivity contribution is 0.191. The standard InChI is InChI=1S/C13H17BrN2O/c1-7(2)11-12(9(4)17)16-6-10(14)5-8(3)13(16)15-11/h5-7,9,17H,1-4H3. The van der Waals surface area contributed by atoms with Gasteiger partial charge in [0.15, 0.2) is 0 Å². The maximum absolute atomic E-state index is 9.95. The van der Waals surface area contributed by atoms with E-state index in [4.69, 9.17) is 0 Å². The molecule has 0 saturated carbocycles. The molecule has 3 nitrogen and oxygen atoms in total. The van der Waals surface area contributed by atoms with Crippen LogP contribution in [0.2, 0.25) is 0 Å². The van der Waals surface area contributed by atoms with Gasteiger partial charge in [0.05, 0.1) is 17.5 Å². The minimum Gasteiger partial charge on any atom is -0.387 e. The van der Waals surface area contributed by atoms with Crippen molar-refractivity contribution in [1.29, 1.82) is 0 Å². The zero-order valence-electron chi connectivity index (χ0n) is 10.5. The first kappa shape index (κ1) is 12.6. The molecule has 0 saturated heterocycles. The first-order valence-corrected chi connectivity index (χ1v) is 6.57. The van der Waals surface area contributed by atoms with Gasteiger partial charge in [-0.2, -0.15) is 0 Å². The first-order valence-electron chi connectivity index (χ1n) is 5.78. The lowest BCUT2D eigenvalue weighted by Crippen LogP contribution is -2.03. The third kappa shape index (κ3) is 2.11. The van der Waals surface area contributed by atoms with E-state index in [1.807, 2.05) is 23.6 Å². The van der Waals surface area contributed by atoms with Crippen molar-refractivity contribution >= 4 is 21.6 Å². The smallest absolute Gasteiger partial charge is 0.140 e. The number of hydrogen-bond donors (Lipinski definition) is 1. The van der Waals surface area contributed by atoms with Gasteiger partial charge in [0.1, 0.15) is 5.65 Å². The van der Waals surface area contributed by atoms with Crippen molar-refractivity contribution in [3.63, 3.8) is 0 Å². The summed E-state index contributed by atoms with van der Waals surface area (Å²) in [6.45, 7) is 8.00. The van der Waals surface area contributed by atoms with Gasteiger partial charge in [-0.15, -0.1) is 0 Å². The lowest BCUT2D eigenvalue weighted by atomic mass is 10.1. The Kier molecular flexibility index (Phi) is 3.27. The number of rotatable bonds is 2. The van der Waals surface area contributed by atoms with Crippen LogP contribution in [-0.4, -0.2) is 14.5 Å². The molecule has 0 bridgehead atoms. The van der Waals surface area contributed by atoms with E-state index in [-0.39, 0.29) is 0 Å². The van der Waals surface area contributed by atoms with E-state index in [2.05, 4.69) is 34.8 Å². The van der Waals surface area contributed by atoms with Crippen LogP contribution in [0.4, 0.5) is 0 Å². The van der Waals surface area contributed by atoms with E-state index >= 15 is 0 Å². The molecule has 2 heterocycles. The summed E-state index contributed by atoms with van der Waals surface area (Å²) in [5.41, 5.74) is 3.89. The number of hydrogen-bond acceptors (Lipinski definition) is 2. The predicted molar refractivity (Wildman–Crippen MR) is 72.4 cm³/mol. The Hall–Kier alpha value is -0.870. The number of aliphatic hydroxyl groups is 1. The molecule has 1 atom stereocenters. The monoisotopic (exact) mass is 296 g/mol. The van der Waals surface area contributed by atoms with E-state index in [0.29, 0.717) is 5.92 Å². The first-order chi connectivity index (χ1) is 7.91. The Balaban J connectivity index is 2.85. The van der Waals surface area contributed by atoms with Crippen molar-refractivity contribution < 1.29 is 5.11 Å². The summed E-state index contributed by atoms with van der Waals surface area (Å²) >= 11 is 3.48. The maximum Gasteiger partial charge on any atom is 0.140 e. The van der Waals surface area contributed by atoms with Crippen molar-refractivity contribution in [2.45, 2.75) is 39.7 Å². The number of nitrogens with zero attached hydrogens (tertiary/aromatic N) is 2. The number of halogens is 1. The average Bonchev–Trinajstić information content (AvgIpc) is 2.56. The van der Waals surface area contributed by atoms with Crippen molar-refractivity contribution in [2.75, 3.05) is 0 Å². The Labute approximate surface area is 110 Å². The highest BCUT2D eigenvalue weighted by atomic mass is 79.9. The molecular formula is C13H17BrN2O. The normalized spacial score (nSPS) is 13.6. The molecule has 1 unspecified atom stereocenters. The SMILES string of the molecule is Cc1cc(Br)cn2c(C(C)O)c(C(C)C)nc12. The van der Waals surface area contributed by atoms with Gasteiger partial charge >= 0.3 is 0 Å². The lowest BCUT2D eigenvalue weighted by Gasteiger charge is -2.10. The fourth-order valence-electron chi connectivity index (χ4n) is 2.14. The zero-order chi connectivity index (χ0) is 12.7. The number of aromatic nitrogens is 2. The minimum absolute atomic E-state index is 0.303. The van der Waals surface area contributed by atoms with Gasteiger partial charge in [0, 0.05) is 10.7 Å². The minimum atomic E-state index is -0.518. The molecule has 2 aromatic rings. The molecule has 0 aliphatic heterocycles. The van der Waals surface area contributed by atoms with Gasteiger partial charge in [-0.1, -0.05) is 13.8 Å². The second-order valence-electron chi connectivity index (χ2n) is 4.75. The Morgan fingerprint density at radius 2 is 2.00 bits per heavy atom.